The molecule has 7 nitrogen and oxygen atoms in total. The molecular weight excluding hydrogens is 270 g/mol. The minimum absolute atomic E-state index is 0.249. The van der Waals surface area contributed by atoms with Crippen molar-refractivity contribution in [1.82, 2.24) is 19.5 Å². The maximum atomic E-state index is 9.04. The largest absolute Gasteiger partial charge is 0.493 e. The third-order valence-corrected chi connectivity index (χ3v) is 3.08. The van der Waals surface area contributed by atoms with Crippen molar-refractivity contribution in [2.24, 2.45) is 0 Å². The molecule has 3 aromatic rings. The molecule has 0 radical (unpaired) electrons. The number of imidazole rings is 1. The molecule has 7 heteroatoms. The van der Waals surface area contributed by atoms with Crippen LogP contribution < -0.4 is 9.47 Å². The van der Waals surface area contributed by atoms with Gasteiger partial charge in [0, 0.05) is 6.07 Å². The molecule has 0 amide bonds. The summed E-state index contributed by atoms with van der Waals surface area (Å²) in [6.07, 6.45) is 2.95. The number of hydrogen-bond acceptors (Lipinski definition) is 6. The summed E-state index contributed by atoms with van der Waals surface area (Å²) in [6, 6.07) is 7.47. The molecule has 0 bridgehead atoms. The molecule has 0 spiro atoms. The van der Waals surface area contributed by atoms with Gasteiger partial charge in [0.2, 0.25) is 0 Å². The fraction of sp³-hybridized carbons (Fsp3) is 0.143. The Morgan fingerprint density at radius 2 is 1.90 bits per heavy atom. The Morgan fingerprint density at radius 1 is 1.10 bits per heavy atom. The first kappa shape index (κ1) is 12.9. The summed E-state index contributed by atoms with van der Waals surface area (Å²) in [6.45, 7) is 0. The minimum Gasteiger partial charge on any atom is -0.493 e. The summed E-state index contributed by atoms with van der Waals surface area (Å²) in [4.78, 5) is 12.3. The number of rotatable bonds is 3. The molecule has 0 N–H and O–H groups in total. The molecule has 1 aromatic carbocycles. The highest BCUT2D eigenvalue weighted by Crippen LogP contribution is 2.30. The Balaban J connectivity index is 2.20. The Hall–Kier alpha value is -3.14. The van der Waals surface area contributed by atoms with Gasteiger partial charge in [-0.3, -0.25) is 4.57 Å². The van der Waals surface area contributed by atoms with Gasteiger partial charge in [-0.25, -0.2) is 15.0 Å². The highest BCUT2D eigenvalue weighted by atomic mass is 16.5. The Labute approximate surface area is 120 Å². The molecule has 0 unspecified atom stereocenters. The van der Waals surface area contributed by atoms with E-state index >= 15 is 0 Å². The van der Waals surface area contributed by atoms with Gasteiger partial charge in [0.1, 0.15) is 24.2 Å². The second-order valence-electron chi connectivity index (χ2n) is 4.16. The van der Waals surface area contributed by atoms with E-state index in [0.29, 0.717) is 22.7 Å². The lowest BCUT2D eigenvalue weighted by atomic mass is 10.2. The second-order valence-corrected chi connectivity index (χ2v) is 4.16. The second kappa shape index (κ2) is 5.09. The first-order valence-corrected chi connectivity index (χ1v) is 6.09. The average Bonchev–Trinajstić information content (AvgIpc) is 2.98. The van der Waals surface area contributed by atoms with E-state index in [-0.39, 0.29) is 5.69 Å². The van der Waals surface area contributed by atoms with Gasteiger partial charge in [-0.15, -0.1) is 0 Å². The van der Waals surface area contributed by atoms with E-state index in [1.165, 1.54) is 6.33 Å². The van der Waals surface area contributed by atoms with Crippen molar-refractivity contribution in [2.45, 2.75) is 0 Å². The van der Waals surface area contributed by atoms with Gasteiger partial charge in [0.25, 0.3) is 0 Å². The molecule has 0 atom stereocenters. The fourth-order valence-corrected chi connectivity index (χ4v) is 2.08. The standard InChI is InChI=1S/C14H11N5O2/c1-20-11-4-3-9(5-12(11)21-2)19-8-18-13-10(6-15)16-7-17-14(13)19/h3-5,7-8H,1-2H3. The molecular formula is C14H11N5O2. The van der Waals surface area contributed by atoms with Crippen LogP contribution in [-0.4, -0.2) is 33.7 Å². The molecule has 3 rings (SSSR count). The van der Waals surface area contributed by atoms with Crippen LogP contribution in [-0.2, 0) is 0 Å². The summed E-state index contributed by atoms with van der Waals surface area (Å²) in [5.74, 6) is 1.24. The quantitative estimate of drug-likeness (QED) is 0.726. The number of methoxy groups -OCH3 is 2. The third-order valence-electron chi connectivity index (χ3n) is 3.08. The summed E-state index contributed by atoms with van der Waals surface area (Å²) >= 11 is 0. The van der Waals surface area contributed by atoms with Crippen molar-refractivity contribution >= 4 is 11.2 Å². The zero-order valence-corrected chi connectivity index (χ0v) is 11.4. The Morgan fingerprint density at radius 3 is 2.62 bits per heavy atom. The third kappa shape index (κ3) is 2.03. The fourth-order valence-electron chi connectivity index (χ4n) is 2.08. The van der Waals surface area contributed by atoms with Gasteiger partial charge in [0.05, 0.1) is 19.9 Å². The van der Waals surface area contributed by atoms with Gasteiger partial charge in [-0.05, 0) is 12.1 Å². The lowest BCUT2D eigenvalue weighted by molar-refractivity contribution is 0.355. The van der Waals surface area contributed by atoms with Crippen LogP contribution in [0.2, 0.25) is 0 Å². The van der Waals surface area contributed by atoms with Crippen LogP contribution in [0.5, 0.6) is 11.5 Å². The molecule has 0 saturated carbocycles. The maximum absolute atomic E-state index is 9.04. The predicted molar refractivity (Wildman–Crippen MR) is 74.5 cm³/mol. The van der Waals surface area contributed by atoms with E-state index in [4.69, 9.17) is 14.7 Å². The van der Waals surface area contributed by atoms with E-state index < -0.39 is 0 Å². The van der Waals surface area contributed by atoms with E-state index in [1.807, 2.05) is 18.2 Å². The number of ether oxygens (including phenoxy) is 2. The molecule has 0 aliphatic rings. The minimum atomic E-state index is 0.249. The monoisotopic (exact) mass is 281 g/mol. The van der Waals surface area contributed by atoms with Crippen LogP contribution in [0.3, 0.4) is 0 Å². The van der Waals surface area contributed by atoms with Gasteiger partial charge in [-0.2, -0.15) is 5.26 Å². The number of aromatic nitrogens is 4. The smallest absolute Gasteiger partial charge is 0.171 e. The van der Waals surface area contributed by atoms with Crippen LogP contribution >= 0.6 is 0 Å². The van der Waals surface area contributed by atoms with Crippen LogP contribution in [0.25, 0.3) is 16.9 Å². The molecule has 0 aliphatic heterocycles. The van der Waals surface area contributed by atoms with Crippen molar-refractivity contribution in [1.29, 1.82) is 5.26 Å². The molecule has 2 heterocycles. The van der Waals surface area contributed by atoms with Gasteiger partial charge in [0.15, 0.2) is 22.8 Å². The highest BCUT2D eigenvalue weighted by molar-refractivity contribution is 5.77. The van der Waals surface area contributed by atoms with Crippen molar-refractivity contribution < 1.29 is 9.47 Å². The van der Waals surface area contributed by atoms with Crippen molar-refractivity contribution in [2.75, 3.05) is 14.2 Å². The topological polar surface area (TPSA) is 85.9 Å². The van der Waals surface area contributed by atoms with Gasteiger partial charge in [-0.1, -0.05) is 0 Å². The molecule has 0 fully saturated rings. The maximum Gasteiger partial charge on any atom is 0.171 e. The molecule has 0 aliphatic carbocycles. The number of benzene rings is 1. The van der Waals surface area contributed by atoms with Crippen molar-refractivity contribution in [3.8, 4) is 23.3 Å². The predicted octanol–water partition coefficient (Wildman–Crippen LogP) is 1.70. The normalized spacial score (nSPS) is 10.3. The Bertz CT molecular complexity index is 850. The van der Waals surface area contributed by atoms with Crippen molar-refractivity contribution in [3.05, 3.63) is 36.5 Å². The number of nitrogens with zero attached hydrogens (tertiary/aromatic N) is 5. The molecule has 2 aromatic heterocycles. The van der Waals surface area contributed by atoms with E-state index in [1.54, 1.807) is 31.2 Å². The van der Waals surface area contributed by atoms with Crippen molar-refractivity contribution in [3.63, 3.8) is 0 Å². The van der Waals surface area contributed by atoms with Crippen LogP contribution in [0.1, 0.15) is 5.69 Å². The lowest BCUT2D eigenvalue weighted by Gasteiger charge is -2.10. The number of fused-ring (bicyclic) bond motifs is 1. The average molecular weight is 281 g/mol. The molecule has 21 heavy (non-hydrogen) atoms. The summed E-state index contributed by atoms with van der Waals surface area (Å²) in [5, 5.41) is 9.04. The van der Waals surface area contributed by atoms with Gasteiger partial charge < -0.3 is 9.47 Å². The summed E-state index contributed by atoms with van der Waals surface area (Å²) in [5.41, 5.74) is 2.08. The zero-order chi connectivity index (χ0) is 14.8. The summed E-state index contributed by atoms with van der Waals surface area (Å²) < 4.78 is 12.3. The summed E-state index contributed by atoms with van der Waals surface area (Å²) in [7, 11) is 3.15. The van der Waals surface area contributed by atoms with Crippen LogP contribution in [0.15, 0.2) is 30.9 Å². The number of hydrogen-bond donors (Lipinski definition) is 0. The highest BCUT2D eigenvalue weighted by Gasteiger charge is 2.12. The lowest BCUT2D eigenvalue weighted by Crippen LogP contribution is -1.97. The molecule has 104 valence electrons. The van der Waals surface area contributed by atoms with E-state index in [9.17, 15) is 0 Å². The number of nitriles is 1. The first-order chi connectivity index (χ1) is 10.3. The van der Waals surface area contributed by atoms with Crippen LogP contribution in [0.4, 0.5) is 0 Å². The SMILES string of the molecule is COc1ccc(-n2cnc3c(C#N)ncnc32)cc1OC. The van der Waals surface area contributed by atoms with Crippen LogP contribution in [0, 0.1) is 11.3 Å². The zero-order valence-electron chi connectivity index (χ0n) is 11.4. The molecule has 0 saturated heterocycles. The van der Waals surface area contributed by atoms with E-state index in [0.717, 1.165) is 5.69 Å². The van der Waals surface area contributed by atoms with Gasteiger partial charge >= 0.3 is 0 Å². The van der Waals surface area contributed by atoms with E-state index in [2.05, 4.69) is 15.0 Å². The first-order valence-electron chi connectivity index (χ1n) is 6.09. The Kier molecular flexibility index (Phi) is 3.12.